The number of thiol groups is 1. The number of nitrogens with zero attached hydrogens (tertiary/aromatic N) is 2. The van der Waals surface area contributed by atoms with Gasteiger partial charge in [-0.3, -0.25) is 9.59 Å². The molecule has 2 amide bonds. The molecule has 2 aromatic rings. The van der Waals surface area contributed by atoms with Crippen molar-refractivity contribution in [3.63, 3.8) is 0 Å². The van der Waals surface area contributed by atoms with Crippen LogP contribution >= 0.6 is 12.6 Å². The van der Waals surface area contributed by atoms with Gasteiger partial charge < -0.3 is 9.80 Å². The first-order valence-electron chi connectivity index (χ1n) is 8.41. The Balaban J connectivity index is 1.65. The number of amides is 2. The maximum Gasteiger partial charge on any atom is 0.255 e. The summed E-state index contributed by atoms with van der Waals surface area (Å²) in [6.07, 6.45) is 0. The topological polar surface area (TPSA) is 40.6 Å². The van der Waals surface area contributed by atoms with Gasteiger partial charge in [-0.1, -0.05) is 18.2 Å². The summed E-state index contributed by atoms with van der Waals surface area (Å²) in [5.41, 5.74) is 3.62. The Hall–Kier alpha value is -2.27. The molecule has 25 heavy (non-hydrogen) atoms. The standard InChI is InChI=1S/C20H22N2O2S/c1-14-7-8-16(13-15(14)2)19(23)21-9-11-22(12-10-21)20(24)17-5-3-4-6-18(17)25/h3-8,13,25H,9-12H2,1-2H3. The largest absolute Gasteiger partial charge is 0.335 e. The Bertz CT molecular complexity index is 811. The summed E-state index contributed by atoms with van der Waals surface area (Å²) in [6.45, 7) is 6.22. The molecule has 130 valence electrons. The van der Waals surface area contributed by atoms with Crippen molar-refractivity contribution < 1.29 is 9.59 Å². The molecule has 0 aliphatic carbocycles. The Morgan fingerprint density at radius 1 is 0.840 bits per heavy atom. The number of hydrogen-bond acceptors (Lipinski definition) is 3. The predicted molar refractivity (Wildman–Crippen MR) is 101 cm³/mol. The highest BCUT2D eigenvalue weighted by atomic mass is 32.1. The fourth-order valence-electron chi connectivity index (χ4n) is 2.99. The van der Waals surface area contributed by atoms with Gasteiger partial charge in [-0.15, -0.1) is 12.6 Å². The van der Waals surface area contributed by atoms with Crippen LogP contribution in [0.5, 0.6) is 0 Å². The first-order chi connectivity index (χ1) is 12.0. The van der Waals surface area contributed by atoms with E-state index in [2.05, 4.69) is 12.6 Å². The van der Waals surface area contributed by atoms with Crippen molar-refractivity contribution in [1.29, 1.82) is 0 Å². The summed E-state index contributed by atoms with van der Waals surface area (Å²) < 4.78 is 0. The number of hydrogen-bond donors (Lipinski definition) is 1. The van der Waals surface area contributed by atoms with Crippen molar-refractivity contribution in [2.75, 3.05) is 26.2 Å². The van der Waals surface area contributed by atoms with Crippen molar-refractivity contribution >= 4 is 24.4 Å². The average molecular weight is 354 g/mol. The number of carbonyl (C=O) groups is 2. The zero-order chi connectivity index (χ0) is 18.0. The SMILES string of the molecule is Cc1ccc(C(=O)N2CCN(C(=O)c3ccccc3S)CC2)cc1C. The van der Waals surface area contributed by atoms with E-state index in [1.165, 1.54) is 5.56 Å². The van der Waals surface area contributed by atoms with Gasteiger partial charge in [0, 0.05) is 36.6 Å². The van der Waals surface area contributed by atoms with E-state index >= 15 is 0 Å². The number of rotatable bonds is 2. The Kier molecular flexibility index (Phi) is 5.13. The van der Waals surface area contributed by atoms with Gasteiger partial charge in [0.15, 0.2) is 0 Å². The van der Waals surface area contributed by atoms with Crippen molar-refractivity contribution in [2.24, 2.45) is 0 Å². The fraction of sp³-hybridized carbons (Fsp3) is 0.300. The normalized spacial score (nSPS) is 14.5. The number of carbonyl (C=O) groups excluding carboxylic acids is 2. The van der Waals surface area contributed by atoms with Crippen molar-refractivity contribution in [3.05, 3.63) is 64.7 Å². The summed E-state index contributed by atoms with van der Waals surface area (Å²) in [4.78, 5) is 29.6. The van der Waals surface area contributed by atoms with Crippen LogP contribution in [0.3, 0.4) is 0 Å². The highest BCUT2D eigenvalue weighted by Gasteiger charge is 2.26. The van der Waals surface area contributed by atoms with Crippen molar-refractivity contribution in [1.82, 2.24) is 9.80 Å². The van der Waals surface area contributed by atoms with Crippen LogP contribution in [0.4, 0.5) is 0 Å². The second kappa shape index (κ2) is 7.31. The van der Waals surface area contributed by atoms with E-state index in [0.29, 0.717) is 42.2 Å². The molecule has 0 N–H and O–H groups in total. The van der Waals surface area contributed by atoms with E-state index in [9.17, 15) is 9.59 Å². The Morgan fingerprint density at radius 2 is 1.44 bits per heavy atom. The lowest BCUT2D eigenvalue weighted by atomic mass is 10.1. The average Bonchev–Trinajstić information content (AvgIpc) is 2.63. The monoisotopic (exact) mass is 354 g/mol. The molecule has 0 spiro atoms. The Labute approximate surface area is 153 Å². The van der Waals surface area contributed by atoms with Gasteiger partial charge in [0.25, 0.3) is 11.8 Å². The third-order valence-electron chi connectivity index (χ3n) is 4.74. The van der Waals surface area contributed by atoms with Gasteiger partial charge in [-0.2, -0.15) is 0 Å². The summed E-state index contributed by atoms with van der Waals surface area (Å²) in [6, 6.07) is 13.1. The summed E-state index contributed by atoms with van der Waals surface area (Å²) in [5.74, 6) is 0.00803. The van der Waals surface area contributed by atoms with Gasteiger partial charge in [-0.25, -0.2) is 0 Å². The smallest absolute Gasteiger partial charge is 0.255 e. The number of piperazine rings is 1. The molecule has 0 saturated carbocycles. The molecule has 1 saturated heterocycles. The van der Waals surface area contributed by atoms with Crippen LogP contribution < -0.4 is 0 Å². The molecule has 0 bridgehead atoms. The molecule has 4 nitrogen and oxygen atoms in total. The minimum Gasteiger partial charge on any atom is -0.335 e. The molecule has 5 heteroatoms. The van der Waals surface area contributed by atoms with Crippen LogP contribution in [-0.2, 0) is 0 Å². The Morgan fingerprint density at radius 3 is 2.04 bits per heavy atom. The van der Waals surface area contributed by atoms with Crippen LogP contribution in [0.25, 0.3) is 0 Å². The molecular formula is C20H22N2O2S. The third kappa shape index (κ3) is 3.71. The molecular weight excluding hydrogens is 332 g/mol. The molecule has 0 aromatic heterocycles. The summed E-state index contributed by atoms with van der Waals surface area (Å²) in [7, 11) is 0. The molecule has 2 aromatic carbocycles. The lowest BCUT2D eigenvalue weighted by Crippen LogP contribution is -2.50. The minimum absolute atomic E-state index is 0.0242. The second-order valence-electron chi connectivity index (χ2n) is 6.40. The van der Waals surface area contributed by atoms with Crippen LogP contribution in [-0.4, -0.2) is 47.8 Å². The second-order valence-corrected chi connectivity index (χ2v) is 6.88. The highest BCUT2D eigenvalue weighted by molar-refractivity contribution is 7.80. The van der Waals surface area contributed by atoms with Crippen LogP contribution in [0.15, 0.2) is 47.4 Å². The zero-order valence-corrected chi connectivity index (χ0v) is 15.4. The van der Waals surface area contributed by atoms with Gasteiger partial charge >= 0.3 is 0 Å². The fourth-order valence-corrected chi connectivity index (χ4v) is 3.25. The quantitative estimate of drug-likeness (QED) is 0.842. The minimum atomic E-state index is -0.0242. The van der Waals surface area contributed by atoms with Gasteiger partial charge in [0.1, 0.15) is 0 Å². The zero-order valence-electron chi connectivity index (χ0n) is 14.5. The molecule has 0 atom stereocenters. The maximum atomic E-state index is 12.7. The number of aryl methyl sites for hydroxylation is 2. The van der Waals surface area contributed by atoms with Crippen molar-refractivity contribution in [3.8, 4) is 0 Å². The first-order valence-corrected chi connectivity index (χ1v) is 8.86. The van der Waals surface area contributed by atoms with Gasteiger partial charge in [0.2, 0.25) is 0 Å². The summed E-state index contributed by atoms with van der Waals surface area (Å²) >= 11 is 4.36. The lowest BCUT2D eigenvalue weighted by Gasteiger charge is -2.35. The lowest BCUT2D eigenvalue weighted by molar-refractivity contribution is 0.0533. The molecule has 0 unspecified atom stereocenters. The molecule has 1 aliphatic heterocycles. The molecule has 3 rings (SSSR count). The van der Waals surface area contributed by atoms with E-state index in [-0.39, 0.29) is 11.8 Å². The third-order valence-corrected chi connectivity index (χ3v) is 5.13. The maximum absolute atomic E-state index is 12.7. The van der Waals surface area contributed by atoms with Crippen LogP contribution in [0, 0.1) is 13.8 Å². The van der Waals surface area contributed by atoms with Gasteiger partial charge in [0.05, 0.1) is 5.56 Å². The van der Waals surface area contributed by atoms with Gasteiger partial charge in [-0.05, 0) is 49.2 Å². The highest BCUT2D eigenvalue weighted by Crippen LogP contribution is 2.18. The van der Waals surface area contributed by atoms with E-state index in [1.807, 2.05) is 55.1 Å². The summed E-state index contributed by atoms with van der Waals surface area (Å²) in [5, 5.41) is 0. The van der Waals surface area contributed by atoms with E-state index in [0.717, 1.165) is 5.56 Å². The van der Waals surface area contributed by atoms with Crippen molar-refractivity contribution in [2.45, 2.75) is 18.7 Å². The molecule has 1 heterocycles. The number of benzene rings is 2. The first kappa shape index (κ1) is 17.5. The van der Waals surface area contributed by atoms with Crippen LogP contribution in [0.1, 0.15) is 31.8 Å². The van der Waals surface area contributed by atoms with E-state index < -0.39 is 0 Å². The molecule has 0 radical (unpaired) electrons. The van der Waals surface area contributed by atoms with Crippen LogP contribution in [0.2, 0.25) is 0 Å². The van der Waals surface area contributed by atoms with E-state index in [4.69, 9.17) is 0 Å². The van der Waals surface area contributed by atoms with E-state index in [1.54, 1.807) is 11.0 Å². The predicted octanol–water partition coefficient (Wildman–Crippen LogP) is 3.19. The molecule has 1 fully saturated rings. The molecule has 1 aliphatic rings.